The first-order valence-electron chi connectivity index (χ1n) is 4.58. The number of hydrogen-bond donors (Lipinski definition) is 1. The Morgan fingerprint density at radius 3 is 2.24 bits per heavy atom. The van der Waals surface area contributed by atoms with Gasteiger partial charge in [0.2, 0.25) is 5.78 Å². The minimum absolute atomic E-state index is 0.282. The van der Waals surface area contributed by atoms with Crippen molar-refractivity contribution in [1.82, 2.24) is 0 Å². The second-order valence-corrected chi connectivity index (χ2v) is 3.25. The molecular formula is C11H9F4NO. The van der Waals surface area contributed by atoms with Gasteiger partial charge in [-0.3, -0.25) is 4.79 Å². The van der Waals surface area contributed by atoms with Crippen LogP contribution in [0, 0.1) is 0 Å². The summed E-state index contributed by atoms with van der Waals surface area (Å²) in [5.74, 6) is -6.71. The summed E-state index contributed by atoms with van der Waals surface area (Å²) in [5.41, 5.74) is 5.38. The van der Waals surface area contributed by atoms with Gasteiger partial charge in [-0.05, 0) is 5.56 Å². The first-order valence-corrected chi connectivity index (χ1v) is 4.58. The van der Waals surface area contributed by atoms with Crippen LogP contribution in [0.15, 0.2) is 36.4 Å². The second-order valence-electron chi connectivity index (χ2n) is 3.25. The quantitative estimate of drug-likeness (QED) is 0.656. The van der Waals surface area contributed by atoms with Gasteiger partial charge in [0, 0.05) is 11.8 Å². The number of nitrogens with two attached hydrogens (primary N) is 1. The topological polar surface area (TPSA) is 43.1 Å². The molecule has 0 aromatic heterocycles. The molecule has 2 N–H and O–H groups in total. The van der Waals surface area contributed by atoms with Crippen LogP contribution in [-0.4, -0.2) is 18.1 Å². The van der Waals surface area contributed by atoms with Gasteiger partial charge >= 0.3 is 12.3 Å². The average Bonchev–Trinajstić information content (AvgIpc) is 2.29. The molecule has 1 aromatic carbocycles. The molecule has 17 heavy (non-hydrogen) atoms. The highest BCUT2D eigenvalue weighted by molar-refractivity contribution is 6.01. The fourth-order valence-corrected chi connectivity index (χ4v) is 1.06. The average molecular weight is 247 g/mol. The van der Waals surface area contributed by atoms with E-state index in [9.17, 15) is 22.4 Å². The molecule has 0 bridgehead atoms. The Balaban J connectivity index is 2.94. The van der Waals surface area contributed by atoms with Crippen molar-refractivity contribution < 1.29 is 22.4 Å². The number of carbonyl (C=O) groups is 1. The van der Waals surface area contributed by atoms with Crippen LogP contribution in [0.25, 0.3) is 5.70 Å². The molecule has 0 aliphatic heterocycles. The molecule has 0 aliphatic carbocycles. The molecule has 0 atom stereocenters. The minimum Gasteiger partial charge on any atom is -0.398 e. The Kier molecular flexibility index (Phi) is 3.88. The van der Waals surface area contributed by atoms with Crippen molar-refractivity contribution in [2.75, 3.05) is 0 Å². The summed E-state index contributed by atoms with van der Waals surface area (Å²) in [4.78, 5) is 10.9. The number of ketones is 1. The number of halogens is 4. The zero-order valence-corrected chi connectivity index (χ0v) is 8.54. The molecule has 0 aliphatic rings. The lowest BCUT2D eigenvalue weighted by Crippen LogP contribution is -2.35. The summed E-state index contributed by atoms with van der Waals surface area (Å²) < 4.78 is 49.0. The minimum atomic E-state index is -4.71. The molecular weight excluding hydrogens is 238 g/mol. The van der Waals surface area contributed by atoms with Gasteiger partial charge in [-0.2, -0.15) is 8.78 Å². The summed E-state index contributed by atoms with van der Waals surface area (Å²) >= 11 is 0. The van der Waals surface area contributed by atoms with E-state index in [2.05, 4.69) is 0 Å². The van der Waals surface area contributed by atoms with E-state index < -0.39 is 18.1 Å². The number of hydrogen-bond acceptors (Lipinski definition) is 2. The van der Waals surface area contributed by atoms with Gasteiger partial charge in [-0.15, -0.1) is 0 Å². The molecule has 2 nitrogen and oxygen atoms in total. The van der Waals surface area contributed by atoms with Crippen LogP contribution >= 0.6 is 0 Å². The molecule has 1 aromatic rings. The van der Waals surface area contributed by atoms with E-state index in [0.717, 1.165) is 0 Å². The maximum absolute atomic E-state index is 12.6. The summed E-state index contributed by atoms with van der Waals surface area (Å²) in [7, 11) is 0. The monoisotopic (exact) mass is 247 g/mol. The predicted octanol–water partition coefficient (Wildman–Crippen LogP) is 2.46. The molecule has 0 heterocycles. The van der Waals surface area contributed by atoms with E-state index in [-0.39, 0.29) is 5.70 Å². The van der Waals surface area contributed by atoms with Crippen molar-refractivity contribution in [3.63, 3.8) is 0 Å². The van der Waals surface area contributed by atoms with Gasteiger partial charge in [-0.1, -0.05) is 30.3 Å². The molecule has 6 heteroatoms. The van der Waals surface area contributed by atoms with Crippen LogP contribution in [0.5, 0.6) is 0 Å². The molecule has 0 amide bonds. The van der Waals surface area contributed by atoms with Gasteiger partial charge < -0.3 is 5.73 Å². The molecule has 0 saturated carbocycles. The Labute approximate surface area is 94.7 Å². The summed E-state index contributed by atoms with van der Waals surface area (Å²) in [6.45, 7) is 0. The van der Waals surface area contributed by atoms with Crippen LogP contribution in [-0.2, 0) is 4.79 Å². The van der Waals surface area contributed by atoms with Gasteiger partial charge in [0.1, 0.15) is 0 Å². The highest BCUT2D eigenvalue weighted by atomic mass is 19.3. The van der Waals surface area contributed by atoms with Crippen LogP contribution in [0.4, 0.5) is 17.6 Å². The van der Waals surface area contributed by atoms with E-state index in [1.807, 2.05) is 0 Å². The lowest BCUT2D eigenvalue weighted by molar-refractivity contribution is -0.161. The number of rotatable bonds is 4. The van der Waals surface area contributed by atoms with Crippen molar-refractivity contribution in [2.45, 2.75) is 12.3 Å². The number of allylic oxidation sites excluding steroid dienone is 1. The summed E-state index contributed by atoms with van der Waals surface area (Å²) in [5, 5.41) is 0. The van der Waals surface area contributed by atoms with E-state index >= 15 is 0 Å². The smallest absolute Gasteiger partial charge is 0.368 e. The first kappa shape index (κ1) is 13.2. The molecule has 0 fully saturated rings. The third-order valence-electron chi connectivity index (χ3n) is 2.00. The molecule has 0 saturated heterocycles. The molecule has 0 unspecified atom stereocenters. The first-order chi connectivity index (χ1) is 7.85. The zero-order valence-electron chi connectivity index (χ0n) is 8.54. The lowest BCUT2D eigenvalue weighted by Gasteiger charge is -2.11. The second kappa shape index (κ2) is 4.99. The maximum atomic E-state index is 12.6. The Hall–Kier alpha value is -1.85. The number of alkyl halides is 4. The van der Waals surface area contributed by atoms with Crippen molar-refractivity contribution in [2.24, 2.45) is 5.73 Å². The molecule has 0 radical (unpaired) electrons. The summed E-state index contributed by atoms with van der Waals surface area (Å²) in [6.07, 6.45) is -3.73. The van der Waals surface area contributed by atoms with Gasteiger partial charge in [0.05, 0.1) is 0 Å². The SMILES string of the molecule is N/C(=C\C(=O)C(F)(F)C(F)F)c1ccccc1. The summed E-state index contributed by atoms with van der Waals surface area (Å²) in [6, 6.07) is 7.75. The predicted molar refractivity (Wildman–Crippen MR) is 54.6 cm³/mol. The number of benzene rings is 1. The van der Waals surface area contributed by atoms with Crippen LogP contribution in [0.3, 0.4) is 0 Å². The van der Waals surface area contributed by atoms with E-state index in [4.69, 9.17) is 5.73 Å². The third kappa shape index (κ3) is 3.05. The van der Waals surface area contributed by atoms with E-state index in [1.165, 1.54) is 12.1 Å². The van der Waals surface area contributed by atoms with Crippen molar-refractivity contribution in [1.29, 1.82) is 0 Å². The maximum Gasteiger partial charge on any atom is 0.368 e. The Morgan fingerprint density at radius 1 is 1.24 bits per heavy atom. The third-order valence-corrected chi connectivity index (χ3v) is 2.00. The standard InChI is InChI=1S/C11H9F4NO/c12-10(13)11(14,15)9(17)6-8(16)7-4-2-1-3-5-7/h1-6,10H,16H2/b8-6-. The molecule has 1 rings (SSSR count). The molecule has 92 valence electrons. The van der Waals surface area contributed by atoms with Gasteiger partial charge in [0.25, 0.3) is 0 Å². The normalized spacial score (nSPS) is 12.9. The largest absolute Gasteiger partial charge is 0.398 e. The van der Waals surface area contributed by atoms with Crippen LogP contribution in [0.2, 0.25) is 0 Å². The van der Waals surface area contributed by atoms with Crippen molar-refractivity contribution in [3.8, 4) is 0 Å². The zero-order chi connectivity index (χ0) is 13.1. The van der Waals surface area contributed by atoms with E-state index in [0.29, 0.717) is 11.6 Å². The highest BCUT2D eigenvalue weighted by Gasteiger charge is 2.47. The highest BCUT2D eigenvalue weighted by Crippen LogP contribution is 2.25. The fraction of sp³-hybridized carbons (Fsp3) is 0.182. The van der Waals surface area contributed by atoms with Gasteiger partial charge in [0.15, 0.2) is 0 Å². The molecule has 0 spiro atoms. The van der Waals surface area contributed by atoms with Crippen molar-refractivity contribution >= 4 is 11.5 Å². The fourth-order valence-electron chi connectivity index (χ4n) is 1.06. The lowest BCUT2D eigenvalue weighted by atomic mass is 10.1. The number of carbonyl (C=O) groups excluding carboxylic acids is 1. The van der Waals surface area contributed by atoms with Crippen LogP contribution < -0.4 is 5.73 Å². The van der Waals surface area contributed by atoms with E-state index in [1.54, 1.807) is 18.2 Å². The Morgan fingerprint density at radius 2 is 1.76 bits per heavy atom. The van der Waals surface area contributed by atoms with Crippen LogP contribution in [0.1, 0.15) is 5.56 Å². The van der Waals surface area contributed by atoms with Gasteiger partial charge in [-0.25, -0.2) is 8.78 Å². The van der Waals surface area contributed by atoms with Crippen molar-refractivity contribution in [3.05, 3.63) is 42.0 Å². The Bertz CT molecular complexity index is 428.